The Bertz CT molecular complexity index is 1350. The minimum Gasteiger partial charge on any atom is -0.328 e. The molecule has 3 aromatic carbocycles. The summed E-state index contributed by atoms with van der Waals surface area (Å²) in [6, 6.07) is 24.3. The maximum atomic E-state index is 14.1. The summed E-state index contributed by atoms with van der Waals surface area (Å²) < 4.78 is 2.26. The first-order valence-corrected chi connectivity index (χ1v) is 13.9. The van der Waals surface area contributed by atoms with Crippen LogP contribution >= 0.6 is 11.6 Å². The van der Waals surface area contributed by atoms with E-state index >= 15 is 0 Å². The van der Waals surface area contributed by atoms with Crippen molar-refractivity contribution < 1.29 is 4.79 Å². The Morgan fingerprint density at radius 1 is 1.00 bits per heavy atom. The van der Waals surface area contributed by atoms with Crippen LogP contribution < -0.4 is 5.32 Å². The minimum atomic E-state index is -0.210. The topological polar surface area (TPSA) is 50.2 Å². The molecule has 1 N–H and O–H groups in total. The lowest BCUT2D eigenvalue weighted by molar-refractivity contribution is 0.0603. The smallest absolute Gasteiger partial charge is 0.254 e. The van der Waals surface area contributed by atoms with Crippen molar-refractivity contribution in [1.29, 1.82) is 0 Å². The Kier molecular flexibility index (Phi) is 9.24. The molecule has 5 nitrogen and oxygen atoms in total. The van der Waals surface area contributed by atoms with E-state index < -0.39 is 0 Å². The summed E-state index contributed by atoms with van der Waals surface area (Å²) in [7, 11) is 0. The van der Waals surface area contributed by atoms with Crippen molar-refractivity contribution in [3.05, 3.63) is 100 Å². The van der Waals surface area contributed by atoms with Gasteiger partial charge in [-0.25, -0.2) is 4.98 Å². The Morgan fingerprint density at radius 3 is 2.37 bits per heavy atom. The fraction of sp³-hybridized carbons (Fsp3) is 0.375. The maximum Gasteiger partial charge on any atom is 0.254 e. The highest BCUT2D eigenvalue weighted by Crippen LogP contribution is 2.33. The largest absolute Gasteiger partial charge is 0.328 e. The molecule has 200 valence electrons. The standard InChI is InChI=1S/C32H39ClN4O/c1-22(2)30(36(19-9-18-34-23(3)4)32(38)26-14-12-24(5)13-15-26)31-35-28-20-27(33)16-17-29(28)37(31)21-25-10-7-6-8-11-25/h6-8,10-17,20,22-23,30,34H,9,18-19,21H2,1-5H3/t30-/m1/s1. The van der Waals surface area contributed by atoms with Crippen LogP contribution in [-0.2, 0) is 6.54 Å². The van der Waals surface area contributed by atoms with Gasteiger partial charge in [0.25, 0.3) is 5.91 Å². The summed E-state index contributed by atoms with van der Waals surface area (Å²) in [4.78, 5) is 21.2. The number of hydrogen-bond donors (Lipinski definition) is 1. The second kappa shape index (κ2) is 12.6. The molecule has 0 radical (unpaired) electrons. The second-order valence-corrected chi connectivity index (χ2v) is 11.1. The maximum absolute atomic E-state index is 14.1. The predicted octanol–water partition coefficient (Wildman–Crippen LogP) is 7.27. The molecule has 0 saturated heterocycles. The van der Waals surface area contributed by atoms with Crippen LogP contribution in [0, 0.1) is 12.8 Å². The Balaban J connectivity index is 1.81. The number of halogens is 1. The zero-order valence-corrected chi connectivity index (χ0v) is 23.9. The van der Waals surface area contributed by atoms with Crippen LogP contribution in [0.4, 0.5) is 0 Å². The zero-order valence-electron chi connectivity index (χ0n) is 23.1. The molecule has 1 amide bonds. The summed E-state index contributed by atoms with van der Waals surface area (Å²) >= 11 is 6.38. The third-order valence-electron chi connectivity index (χ3n) is 6.84. The molecular formula is C32H39ClN4O. The first-order valence-electron chi connectivity index (χ1n) is 13.5. The van der Waals surface area contributed by atoms with Crippen molar-refractivity contribution in [2.24, 2.45) is 5.92 Å². The van der Waals surface area contributed by atoms with E-state index in [1.807, 2.05) is 60.4 Å². The fourth-order valence-electron chi connectivity index (χ4n) is 4.95. The van der Waals surface area contributed by atoms with E-state index in [0.29, 0.717) is 29.7 Å². The van der Waals surface area contributed by atoms with Gasteiger partial charge in [0.1, 0.15) is 5.82 Å². The van der Waals surface area contributed by atoms with Gasteiger partial charge in [-0.05, 0) is 61.7 Å². The Labute approximate surface area is 231 Å². The molecule has 0 bridgehead atoms. The van der Waals surface area contributed by atoms with Crippen LogP contribution in [0.15, 0.2) is 72.8 Å². The number of nitrogens with one attached hydrogen (secondary N) is 1. The molecule has 4 rings (SSSR count). The number of aromatic nitrogens is 2. The Hall–Kier alpha value is -3.15. The molecule has 1 heterocycles. The van der Waals surface area contributed by atoms with Crippen molar-refractivity contribution in [2.75, 3.05) is 13.1 Å². The number of imidazole rings is 1. The van der Waals surface area contributed by atoms with E-state index in [4.69, 9.17) is 16.6 Å². The van der Waals surface area contributed by atoms with Crippen LogP contribution in [0.5, 0.6) is 0 Å². The van der Waals surface area contributed by atoms with E-state index in [9.17, 15) is 4.79 Å². The SMILES string of the molecule is Cc1ccc(C(=O)N(CCCNC(C)C)[C@@H](c2nc3cc(Cl)ccc3n2Cc2ccccc2)C(C)C)cc1. The van der Waals surface area contributed by atoms with Gasteiger partial charge in [0, 0.05) is 29.7 Å². The predicted molar refractivity (Wildman–Crippen MR) is 158 cm³/mol. The van der Waals surface area contributed by atoms with Crippen LogP contribution in [0.25, 0.3) is 11.0 Å². The summed E-state index contributed by atoms with van der Waals surface area (Å²) in [6.45, 7) is 12.8. The molecule has 1 atom stereocenters. The molecule has 4 aromatic rings. The molecule has 0 saturated carbocycles. The van der Waals surface area contributed by atoms with Gasteiger partial charge in [-0.15, -0.1) is 0 Å². The lowest BCUT2D eigenvalue weighted by atomic mass is 9.99. The molecule has 1 aromatic heterocycles. The third kappa shape index (κ3) is 6.64. The van der Waals surface area contributed by atoms with E-state index in [1.165, 1.54) is 5.56 Å². The lowest BCUT2D eigenvalue weighted by Gasteiger charge is -2.35. The van der Waals surface area contributed by atoms with Gasteiger partial charge < -0.3 is 14.8 Å². The summed E-state index contributed by atoms with van der Waals surface area (Å²) in [5, 5.41) is 4.15. The number of hydrogen-bond acceptors (Lipinski definition) is 3. The molecule has 6 heteroatoms. The quantitative estimate of drug-likeness (QED) is 0.207. The van der Waals surface area contributed by atoms with Crippen molar-refractivity contribution >= 4 is 28.5 Å². The van der Waals surface area contributed by atoms with Gasteiger partial charge in [-0.1, -0.05) is 87.3 Å². The number of fused-ring (bicyclic) bond motifs is 1. The molecule has 0 aliphatic heterocycles. The molecule has 0 spiro atoms. The number of rotatable bonds is 11. The highest BCUT2D eigenvalue weighted by molar-refractivity contribution is 6.31. The van der Waals surface area contributed by atoms with Gasteiger partial charge >= 0.3 is 0 Å². The monoisotopic (exact) mass is 530 g/mol. The summed E-state index contributed by atoms with van der Waals surface area (Å²) in [5.41, 5.74) is 4.88. The highest BCUT2D eigenvalue weighted by Gasteiger charge is 2.33. The number of nitrogens with zero attached hydrogens (tertiary/aromatic N) is 3. The van der Waals surface area contributed by atoms with Crippen LogP contribution in [0.1, 0.15) is 67.5 Å². The molecule has 0 unspecified atom stereocenters. The van der Waals surface area contributed by atoms with E-state index in [1.54, 1.807) is 0 Å². The third-order valence-corrected chi connectivity index (χ3v) is 7.08. The average Bonchev–Trinajstić information content (AvgIpc) is 3.22. The summed E-state index contributed by atoms with van der Waals surface area (Å²) in [5.74, 6) is 1.06. The van der Waals surface area contributed by atoms with Crippen molar-refractivity contribution in [2.45, 2.75) is 59.7 Å². The second-order valence-electron chi connectivity index (χ2n) is 10.7. The van der Waals surface area contributed by atoms with E-state index in [-0.39, 0.29) is 17.9 Å². The first-order chi connectivity index (χ1) is 18.2. The minimum absolute atomic E-state index is 0.0320. The molecule has 0 fully saturated rings. The zero-order chi connectivity index (χ0) is 27.2. The number of carbonyl (C=O) groups is 1. The van der Waals surface area contributed by atoms with Gasteiger partial charge in [0.05, 0.1) is 17.1 Å². The highest BCUT2D eigenvalue weighted by atomic mass is 35.5. The lowest BCUT2D eigenvalue weighted by Crippen LogP contribution is -2.40. The molecule has 0 aliphatic rings. The normalized spacial score (nSPS) is 12.4. The van der Waals surface area contributed by atoms with Crippen LogP contribution in [-0.4, -0.2) is 39.5 Å². The number of benzene rings is 3. The first kappa shape index (κ1) is 27.9. The van der Waals surface area contributed by atoms with E-state index in [2.05, 4.69) is 61.8 Å². The number of aryl methyl sites for hydroxylation is 1. The number of amides is 1. The van der Waals surface area contributed by atoms with Crippen molar-refractivity contribution in [1.82, 2.24) is 19.8 Å². The summed E-state index contributed by atoms with van der Waals surface area (Å²) in [6.07, 6.45) is 0.851. The van der Waals surface area contributed by atoms with Crippen LogP contribution in [0.2, 0.25) is 5.02 Å². The van der Waals surface area contributed by atoms with E-state index in [0.717, 1.165) is 35.4 Å². The molecule has 38 heavy (non-hydrogen) atoms. The fourth-order valence-corrected chi connectivity index (χ4v) is 5.11. The van der Waals surface area contributed by atoms with Gasteiger partial charge in [-0.2, -0.15) is 0 Å². The van der Waals surface area contributed by atoms with Gasteiger partial charge in [0.15, 0.2) is 0 Å². The van der Waals surface area contributed by atoms with Gasteiger partial charge in [-0.3, -0.25) is 4.79 Å². The number of carbonyl (C=O) groups excluding carboxylic acids is 1. The van der Waals surface area contributed by atoms with Gasteiger partial charge in [0.2, 0.25) is 0 Å². The van der Waals surface area contributed by atoms with Crippen LogP contribution in [0.3, 0.4) is 0 Å². The van der Waals surface area contributed by atoms with Crippen molar-refractivity contribution in [3.63, 3.8) is 0 Å². The average molecular weight is 531 g/mol. The Morgan fingerprint density at radius 2 is 1.71 bits per heavy atom. The van der Waals surface area contributed by atoms with Crippen molar-refractivity contribution in [3.8, 4) is 0 Å². The molecule has 0 aliphatic carbocycles. The molecular weight excluding hydrogens is 492 g/mol.